The molecule has 126 valence electrons. The molecule has 4 aromatic rings. The summed E-state index contributed by atoms with van der Waals surface area (Å²) < 4.78 is 3.86. The maximum atomic E-state index is 9.86. The number of hydrogen-bond acceptors (Lipinski definition) is 4. The number of hydrogen-bond donors (Lipinski definition) is 1. The van der Waals surface area contributed by atoms with E-state index < -0.39 is 6.10 Å². The van der Waals surface area contributed by atoms with Crippen molar-refractivity contribution in [2.75, 3.05) is 0 Å². The molecule has 0 saturated heterocycles. The molecule has 6 nitrogen and oxygen atoms in total. The summed E-state index contributed by atoms with van der Waals surface area (Å²) in [5.74, 6) is 1.37. The standard InChI is InChI=1S/C18H16ClN5O/c1-11(25)17-22-15-9-12(3-4-16(15)23(17)2)24-8-7-21-18(24)13-5-6-20-10-14(13)19/h3-11,25H,1-2H3. The highest BCUT2D eigenvalue weighted by Gasteiger charge is 2.15. The fourth-order valence-corrected chi connectivity index (χ4v) is 3.20. The van der Waals surface area contributed by atoms with Gasteiger partial charge in [-0.1, -0.05) is 11.6 Å². The molecule has 25 heavy (non-hydrogen) atoms. The van der Waals surface area contributed by atoms with Crippen LogP contribution in [0.2, 0.25) is 5.02 Å². The number of aliphatic hydroxyl groups is 1. The number of fused-ring (bicyclic) bond motifs is 1. The van der Waals surface area contributed by atoms with E-state index in [0.717, 1.165) is 28.1 Å². The van der Waals surface area contributed by atoms with E-state index in [-0.39, 0.29) is 0 Å². The van der Waals surface area contributed by atoms with E-state index in [0.29, 0.717) is 10.8 Å². The minimum absolute atomic E-state index is 0.547. The number of aromatic nitrogens is 5. The minimum atomic E-state index is -0.625. The molecular formula is C18H16ClN5O. The monoisotopic (exact) mass is 353 g/mol. The third kappa shape index (κ3) is 2.59. The number of rotatable bonds is 3. The van der Waals surface area contributed by atoms with Gasteiger partial charge in [0.05, 0.1) is 16.1 Å². The Kier molecular flexibility index (Phi) is 3.78. The van der Waals surface area contributed by atoms with Gasteiger partial charge < -0.3 is 9.67 Å². The van der Waals surface area contributed by atoms with E-state index in [9.17, 15) is 5.11 Å². The van der Waals surface area contributed by atoms with Crippen LogP contribution in [-0.4, -0.2) is 29.2 Å². The zero-order chi connectivity index (χ0) is 17.6. The summed E-state index contributed by atoms with van der Waals surface area (Å²) in [5, 5.41) is 10.4. The first-order chi connectivity index (χ1) is 12.1. The molecule has 3 aromatic heterocycles. The SMILES string of the molecule is CC(O)c1nc2cc(-n3ccnc3-c3ccncc3Cl)ccc2n1C. The van der Waals surface area contributed by atoms with Crippen molar-refractivity contribution in [3.05, 3.63) is 59.9 Å². The lowest BCUT2D eigenvalue weighted by Crippen LogP contribution is -2.01. The van der Waals surface area contributed by atoms with Gasteiger partial charge in [0.2, 0.25) is 0 Å². The quantitative estimate of drug-likeness (QED) is 0.611. The number of nitrogens with zero attached hydrogens (tertiary/aromatic N) is 5. The molecule has 0 aliphatic heterocycles. The van der Waals surface area contributed by atoms with Crippen LogP contribution < -0.4 is 0 Å². The maximum Gasteiger partial charge on any atom is 0.146 e. The Morgan fingerprint density at radius 3 is 2.80 bits per heavy atom. The van der Waals surface area contributed by atoms with E-state index in [1.165, 1.54) is 0 Å². The number of pyridine rings is 1. The average Bonchev–Trinajstić information content (AvgIpc) is 3.20. The highest BCUT2D eigenvalue weighted by Crippen LogP contribution is 2.29. The number of halogens is 1. The summed E-state index contributed by atoms with van der Waals surface area (Å²) in [6.45, 7) is 1.71. The number of imidazole rings is 2. The van der Waals surface area contributed by atoms with Crippen molar-refractivity contribution in [3.63, 3.8) is 0 Å². The van der Waals surface area contributed by atoms with Crippen molar-refractivity contribution in [2.45, 2.75) is 13.0 Å². The molecule has 0 radical (unpaired) electrons. The molecule has 3 heterocycles. The van der Waals surface area contributed by atoms with Crippen molar-refractivity contribution in [1.29, 1.82) is 0 Å². The molecule has 1 aromatic carbocycles. The van der Waals surface area contributed by atoms with E-state index in [1.54, 1.807) is 25.5 Å². The van der Waals surface area contributed by atoms with Gasteiger partial charge in [-0.2, -0.15) is 0 Å². The van der Waals surface area contributed by atoms with Gasteiger partial charge in [-0.05, 0) is 31.2 Å². The van der Waals surface area contributed by atoms with Crippen LogP contribution in [0.4, 0.5) is 0 Å². The topological polar surface area (TPSA) is 68.8 Å². The smallest absolute Gasteiger partial charge is 0.146 e. The predicted octanol–water partition coefficient (Wildman–Crippen LogP) is 3.53. The predicted molar refractivity (Wildman–Crippen MR) is 96.7 cm³/mol. The first kappa shape index (κ1) is 15.8. The Hall–Kier alpha value is -2.70. The van der Waals surface area contributed by atoms with E-state index in [2.05, 4.69) is 15.0 Å². The Morgan fingerprint density at radius 2 is 2.04 bits per heavy atom. The molecule has 1 atom stereocenters. The van der Waals surface area contributed by atoms with Gasteiger partial charge in [-0.25, -0.2) is 9.97 Å². The van der Waals surface area contributed by atoms with Crippen LogP contribution in [-0.2, 0) is 7.05 Å². The van der Waals surface area contributed by atoms with Crippen LogP contribution in [0.1, 0.15) is 18.9 Å². The van der Waals surface area contributed by atoms with Crippen LogP contribution in [0.5, 0.6) is 0 Å². The lowest BCUT2D eigenvalue weighted by molar-refractivity contribution is 0.186. The molecule has 0 saturated carbocycles. The summed E-state index contributed by atoms with van der Waals surface area (Å²) in [5.41, 5.74) is 3.51. The van der Waals surface area contributed by atoms with Gasteiger partial charge in [0.15, 0.2) is 0 Å². The highest BCUT2D eigenvalue weighted by atomic mass is 35.5. The summed E-state index contributed by atoms with van der Waals surface area (Å²) in [4.78, 5) is 13.0. The van der Waals surface area contributed by atoms with Crippen molar-refractivity contribution >= 4 is 22.6 Å². The largest absolute Gasteiger partial charge is 0.385 e. The summed E-state index contributed by atoms with van der Waals surface area (Å²) in [6.07, 6.45) is 6.28. The second-order valence-corrected chi connectivity index (χ2v) is 6.26. The third-order valence-electron chi connectivity index (χ3n) is 4.20. The first-order valence-electron chi connectivity index (χ1n) is 7.84. The molecule has 0 aliphatic carbocycles. The molecule has 0 fully saturated rings. The van der Waals surface area contributed by atoms with Gasteiger partial charge in [-0.15, -0.1) is 0 Å². The second kappa shape index (κ2) is 5.98. The zero-order valence-electron chi connectivity index (χ0n) is 13.8. The van der Waals surface area contributed by atoms with E-state index >= 15 is 0 Å². The Balaban J connectivity index is 1.87. The lowest BCUT2D eigenvalue weighted by atomic mass is 10.2. The number of aryl methyl sites for hydroxylation is 1. The second-order valence-electron chi connectivity index (χ2n) is 5.85. The van der Waals surface area contributed by atoms with Crippen molar-refractivity contribution in [3.8, 4) is 17.1 Å². The van der Waals surface area contributed by atoms with Gasteiger partial charge in [0.1, 0.15) is 17.8 Å². The van der Waals surface area contributed by atoms with Crippen LogP contribution in [0.25, 0.3) is 28.1 Å². The van der Waals surface area contributed by atoms with Crippen LogP contribution in [0.15, 0.2) is 49.1 Å². The Labute approximate surface area is 149 Å². The van der Waals surface area contributed by atoms with Gasteiger partial charge >= 0.3 is 0 Å². The molecule has 0 amide bonds. The van der Waals surface area contributed by atoms with E-state index in [1.807, 2.05) is 46.6 Å². The molecule has 1 unspecified atom stereocenters. The molecule has 0 aliphatic rings. The third-order valence-corrected chi connectivity index (χ3v) is 4.51. The van der Waals surface area contributed by atoms with Gasteiger partial charge in [0, 0.05) is 43.1 Å². The molecular weight excluding hydrogens is 338 g/mol. The van der Waals surface area contributed by atoms with Crippen LogP contribution in [0, 0.1) is 0 Å². The Morgan fingerprint density at radius 1 is 1.20 bits per heavy atom. The maximum absolute atomic E-state index is 9.86. The Bertz CT molecular complexity index is 1070. The van der Waals surface area contributed by atoms with Gasteiger partial charge in [0.25, 0.3) is 0 Å². The normalized spacial score (nSPS) is 12.6. The number of benzene rings is 1. The van der Waals surface area contributed by atoms with Crippen LogP contribution in [0.3, 0.4) is 0 Å². The molecule has 0 bridgehead atoms. The summed E-state index contributed by atoms with van der Waals surface area (Å²) in [7, 11) is 1.90. The highest BCUT2D eigenvalue weighted by molar-refractivity contribution is 6.33. The summed E-state index contributed by atoms with van der Waals surface area (Å²) in [6, 6.07) is 7.80. The van der Waals surface area contributed by atoms with E-state index in [4.69, 9.17) is 11.6 Å². The van der Waals surface area contributed by atoms with Crippen molar-refractivity contribution < 1.29 is 5.11 Å². The summed E-state index contributed by atoms with van der Waals surface area (Å²) >= 11 is 6.27. The molecule has 0 spiro atoms. The molecule has 7 heteroatoms. The average molecular weight is 354 g/mol. The van der Waals surface area contributed by atoms with Gasteiger partial charge in [-0.3, -0.25) is 9.55 Å². The molecule has 1 N–H and O–H groups in total. The van der Waals surface area contributed by atoms with Crippen LogP contribution >= 0.6 is 11.6 Å². The molecule has 4 rings (SSSR count). The van der Waals surface area contributed by atoms with Crippen molar-refractivity contribution in [1.82, 2.24) is 24.1 Å². The first-order valence-corrected chi connectivity index (χ1v) is 8.22. The minimum Gasteiger partial charge on any atom is -0.385 e. The van der Waals surface area contributed by atoms with Crippen molar-refractivity contribution in [2.24, 2.45) is 7.05 Å². The number of aliphatic hydroxyl groups excluding tert-OH is 1. The lowest BCUT2D eigenvalue weighted by Gasteiger charge is -2.09. The fourth-order valence-electron chi connectivity index (χ4n) is 3.00. The fraction of sp³-hybridized carbons (Fsp3) is 0.167. The zero-order valence-corrected chi connectivity index (χ0v) is 14.5.